The summed E-state index contributed by atoms with van der Waals surface area (Å²) in [7, 11) is 0. The van der Waals surface area contributed by atoms with Crippen LogP contribution in [0, 0.1) is 15.9 Å². The molecule has 0 aromatic heterocycles. The summed E-state index contributed by atoms with van der Waals surface area (Å²) in [6.45, 7) is 1.81. The van der Waals surface area contributed by atoms with Crippen molar-refractivity contribution in [1.29, 1.82) is 0 Å². The fourth-order valence-electron chi connectivity index (χ4n) is 2.10. The maximum absolute atomic E-state index is 13.6. The number of rotatable bonds is 5. The number of halogens is 1. The van der Waals surface area contributed by atoms with Gasteiger partial charge in [-0.15, -0.1) is 0 Å². The van der Waals surface area contributed by atoms with E-state index in [-0.39, 0.29) is 23.3 Å². The van der Waals surface area contributed by atoms with Crippen molar-refractivity contribution in [3.05, 3.63) is 64.0 Å². The average Bonchev–Trinajstić information content (AvgIpc) is 2.43. The number of hydrogen-bond acceptors (Lipinski definition) is 4. The Labute approximate surface area is 121 Å². The first-order valence-corrected chi connectivity index (χ1v) is 6.44. The molecular formula is C15H15FN2O3. The fourth-order valence-corrected chi connectivity index (χ4v) is 2.10. The van der Waals surface area contributed by atoms with E-state index in [4.69, 9.17) is 0 Å². The standard InChI is InChI=1S/C15H15FN2O3/c1-10(8-11-4-2-3-5-13(11)16)17-14-7-6-12(19)9-15(14)18(20)21/h2-7,9-10,17,19H,8H2,1H3. The van der Waals surface area contributed by atoms with Crippen molar-refractivity contribution in [2.24, 2.45) is 0 Å². The molecule has 0 amide bonds. The number of benzene rings is 2. The maximum atomic E-state index is 13.6. The highest BCUT2D eigenvalue weighted by molar-refractivity contribution is 5.64. The van der Waals surface area contributed by atoms with Gasteiger partial charge >= 0.3 is 0 Å². The van der Waals surface area contributed by atoms with E-state index in [1.54, 1.807) is 18.2 Å². The van der Waals surface area contributed by atoms with E-state index < -0.39 is 4.92 Å². The van der Waals surface area contributed by atoms with Gasteiger partial charge in [0.2, 0.25) is 0 Å². The maximum Gasteiger partial charge on any atom is 0.296 e. The molecule has 0 saturated carbocycles. The molecule has 0 heterocycles. The predicted molar refractivity (Wildman–Crippen MR) is 77.9 cm³/mol. The highest BCUT2D eigenvalue weighted by atomic mass is 19.1. The first-order chi connectivity index (χ1) is 9.97. The van der Waals surface area contributed by atoms with E-state index in [0.29, 0.717) is 17.7 Å². The van der Waals surface area contributed by atoms with Crippen LogP contribution in [0.15, 0.2) is 42.5 Å². The number of nitro groups is 1. The number of nitrogens with one attached hydrogen (secondary N) is 1. The third kappa shape index (κ3) is 3.68. The van der Waals surface area contributed by atoms with E-state index in [2.05, 4.69) is 5.32 Å². The molecule has 0 aliphatic rings. The van der Waals surface area contributed by atoms with E-state index in [0.717, 1.165) is 6.07 Å². The van der Waals surface area contributed by atoms with Crippen LogP contribution in [-0.4, -0.2) is 16.1 Å². The Balaban J connectivity index is 2.15. The van der Waals surface area contributed by atoms with Crippen LogP contribution in [0.4, 0.5) is 15.8 Å². The Morgan fingerprint density at radius 3 is 2.71 bits per heavy atom. The molecule has 1 unspecified atom stereocenters. The Hall–Kier alpha value is -2.63. The van der Waals surface area contributed by atoms with E-state index >= 15 is 0 Å². The minimum atomic E-state index is -0.572. The minimum Gasteiger partial charge on any atom is -0.508 e. The molecule has 0 saturated heterocycles. The summed E-state index contributed by atoms with van der Waals surface area (Å²) in [6.07, 6.45) is 0.394. The van der Waals surface area contributed by atoms with Crippen LogP contribution in [0.1, 0.15) is 12.5 Å². The summed E-state index contributed by atoms with van der Waals surface area (Å²) in [5, 5.41) is 23.2. The van der Waals surface area contributed by atoms with Gasteiger partial charge in [-0.25, -0.2) is 4.39 Å². The predicted octanol–water partition coefficient (Wildman–Crippen LogP) is 3.48. The van der Waals surface area contributed by atoms with Crippen LogP contribution in [0.3, 0.4) is 0 Å². The van der Waals surface area contributed by atoms with E-state index in [1.165, 1.54) is 18.2 Å². The lowest BCUT2D eigenvalue weighted by molar-refractivity contribution is -0.384. The van der Waals surface area contributed by atoms with Gasteiger partial charge in [-0.2, -0.15) is 0 Å². The second-order valence-electron chi connectivity index (χ2n) is 4.80. The van der Waals surface area contributed by atoms with E-state index in [9.17, 15) is 19.6 Å². The second kappa shape index (κ2) is 6.21. The lowest BCUT2D eigenvalue weighted by atomic mass is 10.1. The van der Waals surface area contributed by atoms with Gasteiger partial charge in [0.15, 0.2) is 0 Å². The molecule has 0 radical (unpaired) electrons. The van der Waals surface area contributed by atoms with Gasteiger partial charge in [-0.05, 0) is 37.1 Å². The number of aromatic hydroxyl groups is 1. The fraction of sp³-hybridized carbons (Fsp3) is 0.200. The molecule has 0 fully saturated rings. The Morgan fingerprint density at radius 1 is 1.33 bits per heavy atom. The van der Waals surface area contributed by atoms with Gasteiger partial charge in [0.25, 0.3) is 5.69 Å². The normalized spacial score (nSPS) is 11.9. The molecule has 2 aromatic rings. The molecule has 1 atom stereocenters. The summed E-state index contributed by atoms with van der Waals surface area (Å²) >= 11 is 0. The first kappa shape index (κ1) is 14.8. The van der Waals surface area contributed by atoms with Crippen molar-refractivity contribution >= 4 is 11.4 Å². The van der Waals surface area contributed by atoms with Crippen LogP contribution in [0.5, 0.6) is 5.75 Å². The number of nitrogens with zero attached hydrogens (tertiary/aromatic N) is 1. The largest absolute Gasteiger partial charge is 0.508 e. The number of phenols is 1. The van der Waals surface area contributed by atoms with Crippen LogP contribution >= 0.6 is 0 Å². The molecule has 5 nitrogen and oxygen atoms in total. The van der Waals surface area contributed by atoms with Crippen LogP contribution < -0.4 is 5.32 Å². The Morgan fingerprint density at radius 2 is 2.05 bits per heavy atom. The van der Waals surface area contributed by atoms with Gasteiger partial charge < -0.3 is 10.4 Å². The minimum absolute atomic E-state index is 0.172. The molecule has 21 heavy (non-hydrogen) atoms. The molecule has 0 aliphatic heterocycles. The summed E-state index contributed by atoms with van der Waals surface area (Å²) in [6, 6.07) is 10.1. The Bertz CT molecular complexity index is 661. The smallest absolute Gasteiger partial charge is 0.296 e. The topological polar surface area (TPSA) is 75.4 Å². The van der Waals surface area contributed by atoms with E-state index in [1.807, 2.05) is 6.92 Å². The lowest BCUT2D eigenvalue weighted by Crippen LogP contribution is -2.19. The van der Waals surface area contributed by atoms with Gasteiger partial charge in [0.05, 0.1) is 11.0 Å². The van der Waals surface area contributed by atoms with Gasteiger partial charge in [-0.3, -0.25) is 10.1 Å². The van der Waals surface area contributed by atoms with Gasteiger partial charge in [0.1, 0.15) is 17.3 Å². The molecule has 6 heteroatoms. The first-order valence-electron chi connectivity index (χ1n) is 6.44. The zero-order valence-corrected chi connectivity index (χ0v) is 11.4. The number of phenolic OH excluding ortho intramolecular Hbond substituents is 1. The highest BCUT2D eigenvalue weighted by Crippen LogP contribution is 2.29. The lowest BCUT2D eigenvalue weighted by Gasteiger charge is -2.16. The summed E-state index contributed by atoms with van der Waals surface area (Å²) in [5.74, 6) is -0.472. The summed E-state index contributed by atoms with van der Waals surface area (Å²) < 4.78 is 13.6. The molecular weight excluding hydrogens is 275 g/mol. The SMILES string of the molecule is CC(Cc1ccccc1F)Nc1ccc(O)cc1[N+](=O)[O-]. The third-order valence-corrected chi connectivity index (χ3v) is 3.06. The van der Waals surface area contributed by atoms with Crippen LogP contribution in [-0.2, 0) is 6.42 Å². The quantitative estimate of drug-likeness (QED) is 0.502. The number of anilines is 1. The van der Waals surface area contributed by atoms with Gasteiger partial charge in [-0.1, -0.05) is 18.2 Å². The second-order valence-corrected chi connectivity index (χ2v) is 4.80. The zero-order valence-electron chi connectivity index (χ0n) is 11.4. The zero-order chi connectivity index (χ0) is 15.4. The van der Waals surface area contributed by atoms with Crippen LogP contribution in [0.25, 0.3) is 0 Å². The summed E-state index contributed by atoms with van der Waals surface area (Å²) in [4.78, 5) is 10.4. The molecule has 0 spiro atoms. The molecule has 0 bridgehead atoms. The molecule has 2 aromatic carbocycles. The van der Waals surface area contributed by atoms with Crippen molar-refractivity contribution in [3.8, 4) is 5.75 Å². The molecule has 2 N–H and O–H groups in total. The molecule has 2 rings (SSSR count). The highest BCUT2D eigenvalue weighted by Gasteiger charge is 2.17. The van der Waals surface area contributed by atoms with Gasteiger partial charge in [0, 0.05) is 6.04 Å². The Kier molecular flexibility index (Phi) is 4.37. The molecule has 110 valence electrons. The number of hydrogen-bond donors (Lipinski definition) is 2. The van der Waals surface area contributed by atoms with Crippen LogP contribution in [0.2, 0.25) is 0 Å². The van der Waals surface area contributed by atoms with Crippen molar-refractivity contribution < 1.29 is 14.4 Å². The number of nitro benzene ring substituents is 1. The van der Waals surface area contributed by atoms with Crippen molar-refractivity contribution in [3.63, 3.8) is 0 Å². The molecule has 0 aliphatic carbocycles. The monoisotopic (exact) mass is 290 g/mol. The third-order valence-electron chi connectivity index (χ3n) is 3.06. The van der Waals surface area contributed by atoms with Crippen molar-refractivity contribution in [2.75, 3.05) is 5.32 Å². The summed E-state index contributed by atoms with van der Waals surface area (Å²) in [5.41, 5.74) is 0.621. The average molecular weight is 290 g/mol. The van der Waals surface area contributed by atoms with Crippen molar-refractivity contribution in [1.82, 2.24) is 0 Å². The van der Waals surface area contributed by atoms with Crippen molar-refractivity contribution in [2.45, 2.75) is 19.4 Å².